The van der Waals surface area contributed by atoms with Gasteiger partial charge in [-0.15, -0.1) is 11.3 Å². The highest BCUT2D eigenvalue weighted by Crippen LogP contribution is 2.52. The van der Waals surface area contributed by atoms with Gasteiger partial charge in [0.25, 0.3) is 5.56 Å². The van der Waals surface area contributed by atoms with Crippen molar-refractivity contribution in [2.24, 2.45) is 22.5 Å². The van der Waals surface area contributed by atoms with Gasteiger partial charge in [-0.2, -0.15) is 4.98 Å². The third kappa shape index (κ3) is 13.3. The predicted molar refractivity (Wildman–Crippen MR) is 322 cm³/mol. The molecule has 3 unspecified atom stereocenters. The molecule has 0 bridgehead atoms. The molecular weight excluding hydrogens is 1030 g/mol. The van der Waals surface area contributed by atoms with E-state index in [9.17, 15) is 14.4 Å². The van der Waals surface area contributed by atoms with Gasteiger partial charge in [-0.25, -0.2) is 4.98 Å². The molecule has 2 aliphatic carbocycles. The van der Waals surface area contributed by atoms with Gasteiger partial charge in [-0.3, -0.25) is 23.9 Å². The summed E-state index contributed by atoms with van der Waals surface area (Å²) in [5.41, 5.74) is 17.7. The lowest BCUT2D eigenvalue weighted by Gasteiger charge is -2.55. The summed E-state index contributed by atoms with van der Waals surface area (Å²) in [4.78, 5) is 51.1. The maximum atomic E-state index is 13.1. The fraction of sp³-hybridized carbons (Fsp3) is 0.578. The molecule has 79 heavy (non-hydrogen) atoms. The third-order valence-electron chi connectivity index (χ3n) is 18.5. The van der Waals surface area contributed by atoms with Crippen molar-refractivity contribution in [3.05, 3.63) is 122 Å². The zero-order valence-electron chi connectivity index (χ0n) is 48.2. The van der Waals surface area contributed by atoms with Crippen molar-refractivity contribution < 1.29 is 14.3 Å². The van der Waals surface area contributed by atoms with Crippen LogP contribution in [0.25, 0.3) is 27.0 Å². The highest BCUT2D eigenvalue weighted by molar-refractivity contribution is 7.13. The average Bonchev–Trinajstić information content (AvgIpc) is 4.05. The molecule has 3 aromatic carbocycles. The number of piperidine rings is 1. The number of halogens is 1. The first-order valence-corrected chi connectivity index (χ1v) is 30.8. The maximum Gasteiger partial charge on any atom is 0.282 e. The largest absolute Gasteiger partial charge is 0.401 e. The Hall–Kier alpha value is -5.12. The number of nitrogens with zero attached hydrogens (tertiary/aromatic N) is 6. The molecule has 2 spiro atoms. The second kappa shape index (κ2) is 25.8. The molecule has 5 aliphatic heterocycles. The van der Waals surface area contributed by atoms with Crippen LogP contribution in [0.3, 0.4) is 0 Å². The van der Waals surface area contributed by atoms with Crippen molar-refractivity contribution in [3.63, 3.8) is 0 Å². The van der Waals surface area contributed by atoms with E-state index in [1.54, 1.807) is 17.4 Å². The zero-order valence-corrected chi connectivity index (χ0v) is 49.8. The number of ether oxygens (including phenoxy) is 1. The van der Waals surface area contributed by atoms with E-state index in [0.29, 0.717) is 39.7 Å². The molecule has 3 atom stereocenters. The third-order valence-corrected chi connectivity index (χ3v) is 19.8. The number of thiazole rings is 1. The summed E-state index contributed by atoms with van der Waals surface area (Å²) in [5.74, 6) is 2.14. The first kappa shape index (κ1) is 58.5. The summed E-state index contributed by atoms with van der Waals surface area (Å²) in [5, 5.41) is 7.42. The van der Waals surface area contributed by atoms with E-state index in [1.165, 1.54) is 104 Å². The molecule has 15 heteroatoms. The van der Waals surface area contributed by atoms with Crippen LogP contribution in [0.2, 0.25) is 5.02 Å². The monoisotopic (exact) mass is 1110 g/mol. The Bertz CT molecular complexity index is 2940. The summed E-state index contributed by atoms with van der Waals surface area (Å²) in [6.07, 6.45) is 20.9. The standard InChI is InChI=1S/C26H28ClN3O.C18H21N3O2S.C14H28N2.C6H11NO/c1-29-14-10-17(11-15-29)18-8-9-19-22(16-18)30-21-7-5-6-20(27)23(21)24(31)28-25(30)26(19)12-3-2-4-13-26;1-13-17(24-12-20-13)15-4-2-14(3-5-15)16(19-11-22)6-21-7-18(8-21)9-23-10-18;1-11(14(2,3)4)16-10-13(15)12-8-6-5-7-9-12;1-6-3-2-4-7(6)5-8/h5-9,16-17H,2-4,10-15H2,1H3;2-5,11-12,16H,6-10H2,1H3,(H,19,22);10-12,16H,5-9,15H2,1-4H3;5-6H,2-4H2,1H3/b;;13-10-;. The number of likely N-dealkylation sites (tertiary alicyclic amines) is 3. The number of carbonyl (C=O) groups is 2. The van der Waals surface area contributed by atoms with Crippen LogP contribution in [0.4, 0.5) is 0 Å². The van der Waals surface area contributed by atoms with Crippen LogP contribution in [0.1, 0.15) is 165 Å². The Morgan fingerprint density at radius 1 is 0.911 bits per heavy atom. The summed E-state index contributed by atoms with van der Waals surface area (Å²) in [6, 6.07) is 22.3. The summed E-state index contributed by atoms with van der Waals surface area (Å²) < 4.78 is 7.59. The van der Waals surface area contributed by atoms with Crippen LogP contribution in [0.15, 0.2) is 82.9 Å². The van der Waals surface area contributed by atoms with Crippen molar-refractivity contribution in [3.8, 4) is 16.1 Å². The first-order valence-electron chi connectivity index (χ1n) is 29.5. The Balaban J connectivity index is 0.000000140. The molecule has 7 heterocycles. The second-order valence-corrected chi connectivity index (χ2v) is 26.4. The molecule has 7 aliphatic rings. The molecule has 2 saturated carbocycles. The number of aromatic nitrogens is 3. The Kier molecular flexibility index (Phi) is 19.1. The number of fused-ring (bicyclic) bond motifs is 7. The molecular formula is C64H88ClN9O4S. The fourth-order valence-electron chi connectivity index (χ4n) is 13.1. The zero-order chi connectivity index (χ0) is 55.9. The molecule has 12 rings (SSSR count). The number of rotatable bonds is 11. The van der Waals surface area contributed by atoms with Crippen LogP contribution in [0, 0.1) is 23.7 Å². The maximum absolute atomic E-state index is 13.1. The van der Waals surface area contributed by atoms with Crippen LogP contribution < -0.4 is 21.9 Å². The van der Waals surface area contributed by atoms with Gasteiger partial charge in [0.1, 0.15) is 5.82 Å². The number of aryl methyl sites for hydroxylation is 1. The first-order chi connectivity index (χ1) is 38.0. The average molecular weight is 1110 g/mol. The number of carbonyl (C=O) groups excluding carboxylic acids is 2. The normalized spacial score (nSPS) is 21.6. The lowest BCUT2D eigenvalue weighted by atomic mass is 9.69. The van der Waals surface area contributed by atoms with Crippen LogP contribution in [0.5, 0.6) is 0 Å². The molecule has 2 amide bonds. The van der Waals surface area contributed by atoms with Crippen molar-refractivity contribution in [2.45, 2.75) is 161 Å². The van der Waals surface area contributed by atoms with E-state index in [2.05, 4.69) is 114 Å². The van der Waals surface area contributed by atoms with Gasteiger partial charge >= 0.3 is 0 Å². The Labute approximate surface area is 479 Å². The second-order valence-electron chi connectivity index (χ2n) is 25.2. The summed E-state index contributed by atoms with van der Waals surface area (Å²) in [7, 11) is 2.21. The Morgan fingerprint density at radius 2 is 1.62 bits per heavy atom. The highest BCUT2D eigenvalue weighted by atomic mass is 35.5. The number of allylic oxidation sites excluding steroid dienone is 1. The van der Waals surface area contributed by atoms with E-state index in [1.807, 2.05) is 35.7 Å². The smallest absolute Gasteiger partial charge is 0.282 e. The lowest BCUT2D eigenvalue weighted by Crippen LogP contribution is -2.66. The van der Waals surface area contributed by atoms with Gasteiger partial charge < -0.3 is 30.9 Å². The van der Waals surface area contributed by atoms with Crippen molar-refractivity contribution in [1.82, 2.24) is 39.9 Å². The molecule has 6 fully saturated rings. The lowest BCUT2D eigenvalue weighted by molar-refractivity contribution is -0.190. The Morgan fingerprint density at radius 3 is 2.22 bits per heavy atom. The minimum absolute atomic E-state index is 0.0254. The highest BCUT2D eigenvalue weighted by Gasteiger charge is 2.49. The quantitative estimate of drug-likeness (QED) is 0.109. The number of nitrogens with two attached hydrogens (primary N) is 1. The molecule has 4 saturated heterocycles. The van der Waals surface area contributed by atoms with Crippen molar-refractivity contribution in [1.29, 1.82) is 0 Å². The van der Waals surface area contributed by atoms with Gasteiger partial charge in [0.15, 0.2) is 0 Å². The number of amides is 2. The SMILES string of the molecule is CC(N/C=C(\N)C1CCCCC1)C(C)(C)C.CC1CCCN1C=O.CN1CCC(c2ccc3c(c2)-n2c(nc(=O)c4c(Cl)cccc42)C32CCCCC2)CC1.Cc1ncsc1-c1ccc(C(CN2CC3(COC3)C2)NC=O)cc1. The van der Waals surface area contributed by atoms with Gasteiger partial charge in [-0.1, -0.05) is 113 Å². The van der Waals surface area contributed by atoms with Gasteiger partial charge in [0, 0.05) is 55.6 Å². The van der Waals surface area contributed by atoms with Crippen LogP contribution >= 0.6 is 22.9 Å². The summed E-state index contributed by atoms with van der Waals surface area (Å²) >= 11 is 8.13. The molecule has 0 radical (unpaired) electrons. The van der Waals surface area contributed by atoms with E-state index in [-0.39, 0.29) is 22.4 Å². The van der Waals surface area contributed by atoms with E-state index >= 15 is 0 Å². The van der Waals surface area contributed by atoms with Gasteiger partial charge in [0.2, 0.25) is 12.8 Å². The van der Waals surface area contributed by atoms with Crippen molar-refractivity contribution >= 4 is 46.7 Å². The molecule has 5 aromatic rings. The van der Waals surface area contributed by atoms with E-state index < -0.39 is 0 Å². The number of nitrogens with one attached hydrogen (secondary N) is 2. The minimum atomic E-state index is -0.194. The predicted octanol–water partition coefficient (Wildman–Crippen LogP) is 11.7. The molecule has 426 valence electrons. The number of hydrogen-bond donors (Lipinski definition) is 3. The van der Waals surface area contributed by atoms with Gasteiger partial charge in [-0.05, 0) is 150 Å². The number of hydrogen-bond acceptors (Lipinski definition) is 11. The molecule has 13 nitrogen and oxygen atoms in total. The molecule has 4 N–H and O–H groups in total. The molecule has 2 aromatic heterocycles. The van der Waals surface area contributed by atoms with Crippen LogP contribution in [-0.2, 0) is 19.7 Å². The minimum Gasteiger partial charge on any atom is -0.401 e. The van der Waals surface area contributed by atoms with E-state index in [0.717, 1.165) is 106 Å². The van der Waals surface area contributed by atoms with E-state index in [4.69, 9.17) is 27.1 Å². The van der Waals surface area contributed by atoms with Crippen LogP contribution in [-0.4, -0.2) is 114 Å². The summed E-state index contributed by atoms with van der Waals surface area (Å²) in [6.45, 7) is 21.1. The topological polar surface area (TPSA) is 151 Å². The fourth-order valence-corrected chi connectivity index (χ4v) is 14.1. The van der Waals surface area contributed by atoms with Gasteiger partial charge in [0.05, 0.1) is 62.4 Å². The number of benzene rings is 3. The van der Waals surface area contributed by atoms with Crippen molar-refractivity contribution in [2.75, 3.05) is 59.5 Å².